The van der Waals surface area contributed by atoms with E-state index in [1.807, 2.05) is 23.6 Å². The summed E-state index contributed by atoms with van der Waals surface area (Å²) in [7, 11) is 0. The van der Waals surface area contributed by atoms with Crippen molar-refractivity contribution < 1.29 is 4.79 Å². The van der Waals surface area contributed by atoms with Crippen LogP contribution in [-0.2, 0) is 11.3 Å². The number of amides is 1. The number of thioether (sulfide) groups is 1. The number of carbonyl (C=O) groups excluding carboxylic acids is 1. The van der Waals surface area contributed by atoms with Crippen LogP contribution < -0.4 is 5.32 Å². The average molecular weight is 443 g/mol. The standard InChI is InChI=1S/C17H14Cl3N5OS/c1-2-25-16(10-4-3-5-21-8-10)23-24-17(25)27-9-15(26)22-14-7-12(19)11(18)6-13(14)20/h3-8H,2,9H2,1H3,(H,22,26). The molecule has 0 saturated heterocycles. The summed E-state index contributed by atoms with van der Waals surface area (Å²) in [5, 5.41) is 12.7. The van der Waals surface area contributed by atoms with Crippen molar-refractivity contribution in [2.45, 2.75) is 18.6 Å². The van der Waals surface area contributed by atoms with Crippen LogP contribution in [0.3, 0.4) is 0 Å². The van der Waals surface area contributed by atoms with Crippen LogP contribution >= 0.6 is 46.6 Å². The quantitative estimate of drug-likeness (QED) is 0.427. The van der Waals surface area contributed by atoms with Gasteiger partial charge in [0.25, 0.3) is 0 Å². The van der Waals surface area contributed by atoms with E-state index >= 15 is 0 Å². The van der Waals surface area contributed by atoms with Crippen LogP contribution in [0.4, 0.5) is 5.69 Å². The molecule has 0 fully saturated rings. The Morgan fingerprint density at radius 2 is 1.96 bits per heavy atom. The minimum atomic E-state index is -0.242. The van der Waals surface area contributed by atoms with Crippen molar-refractivity contribution >= 4 is 58.2 Å². The third-order valence-corrected chi connectivity index (χ3v) is 5.57. The number of hydrogen-bond acceptors (Lipinski definition) is 5. The number of rotatable bonds is 6. The molecule has 140 valence electrons. The van der Waals surface area contributed by atoms with E-state index in [1.54, 1.807) is 12.4 Å². The third kappa shape index (κ3) is 4.73. The molecule has 0 atom stereocenters. The van der Waals surface area contributed by atoms with E-state index in [1.165, 1.54) is 23.9 Å². The fourth-order valence-corrected chi connectivity index (χ4v) is 3.72. The molecular weight excluding hydrogens is 429 g/mol. The van der Waals surface area contributed by atoms with Crippen molar-refractivity contribution in [2.75, 3.05) is 11.1 Å². The van der Waals surface area contributed by atoms with Gasteiger partial charge in [-0.1, -0.05) is 46.6 Å². The van der Waals surface area contributed by atoms with Crippen LogP contribution in [-0.4, -0.2) is 31.4 Å². The monoisotopic (exact) mass is 441 g/mol. The van der Waals surface area contributed by atoms with Gasteiger partial charge >= 0.3 is 0 Å². The molecule has 6 nitrogen and oxygen atoms in total. The zero-order valence-corrected chi connectivity index (χ0v) is 17.2. The average Bonchev–Trinajstić information content (AvgIpc) is 3.08. The van der Waals surface area contributed by atoms with Crippen LogP contribution in [0.15, 0.2) is 41.8 Å². The molecule has 0 aliphatic carbocycles. The summed E-state index contributed by atoms with van der Waals surface area (Å²) in [6, 6.07) is 6.76. The SMILES string of the molecule is CCn1c(SCC(=O)Nc2cc(Cl)c(Cl)cc2Cl)nnc1-c1cccnc1. The Kier molecular flexibility index (Phi) is 6.59. The van der Waals surface area contributed by atoms with E-state index < -0.39 is 0 Å². The van der Waals surface area contributed by atoms with Gasteiger partial charge in [-0.25, -0.2) is 0 Å². The number of aromatic nitrogens is 4. The van der Waals surface area contributed by atoms with Gasteiger partial charge in [0, 0.05) is 24.5 Å². The molecule has 0 spiro atoms. The number of anilines is 1. The molecule has 27 heavy (non-hydrogen) atoms. The molecule has 3 aromatic rings. The van der Waals surface area contributed by atoms with Crippen molar-refractivity contribution in [3.8, 4) is 11.4 Å². The van der Waals surface area contributed by atoms with E-state index in [0.29, 0.717) is 38.3 Å². The maximum absolute atomic E-state index is 12.3. The lowest BCUT2D eigenvalue weighted by atomic mass is 10.3. The van der Waals surface area contributed by atoms with Crippen LogP contribution in [0.2, 0.25) is 15.1 Å². The lowest BCUT2D eigenvalue weighted by Crippen LogP contribution is -2.15. The van der Waals surface area contributed by atoms with Crippen LogP contribution in [0.5, 0.6) is 0 Å². The Morgan fingerprint density at radius 3 is 2.67 bits per heavy atom. The summed E-state index contributed by atoms with van der Waals surface area (Å²) in [4.78, 5) is 16.4. The van der Waals surface area contributed by atoms with Crippen molar-refractivity contribution in [1.82, 2.24) is 19.7 Å². The first-order chi connectivity index (χ1) is 13.0. The lowest BCUT2D eigenvalue weighted by molar-refractivity contribution is -0.113. The molecule has 0 aliphatic heterocycles. The highest BCUT2D eigenvalue weighted by Gasteiger charge is 2.15. The maximum Gasteiger partial charge on any atom is 0.234 e. The maximum atomic E-state index is 12.3. The summed E-state index contributed by atoms with van der Waals surface area (Å²) in [6.45, 7) is 2.66. The minimum absolute atomic E-state index is 0.141. The summed E-state index contributed by atoms with van der Waals surface area (Å²) in [6.07, 6.45) is 3.42. The van der Waals surface area contributed by atoms with Crippen molar-refractivity contribution in [3.63, 3.8) is 0 Å². The molecule has 1 N–H and O–H groups in total. The molecule has 1 amide bonds. The number of hydrogen-bond donors (Lipinski definition) is 1. The highest BCUT2D eigenvalue weighted by atomic mass is 35.5. The van der Waals surface area contributed by atoms with Gasteiger partial charge in [0.1, 0.15) is 0 Å². The second-order valence-corrected chi connectivity index (χ2v) is 7.54. The van der Waals surface area contributed by atoms with E-state index in [0.717, 1.165) is 5.56 Å². The van der Waals surface area contributed by atoms with Crippen LogP contribution in [0, 0.1) is 0 Å². The number of nitrogens with one attached hydrogen (secondary N) is 1. The molecule has 0 saturated carbocycles. The molecule has 0 bridgehead atoms. The van der Waals surface area contributed by atoms with Crippen molar-refractivity contribution in [3.05, 3.63) is 51.7 Å². The van der Waals surface area contributed by atoms with Crippen molar-refractivity contribution in [1.29, 1.82) is 0 Å². The van der Waals surface area contributed by atoms with E-state index in [9.17, 15) is 4.79 Å². The topological polar surface area (TPSA) is 72.7 Å². The number of pyridine rings is 1. The van der Waals surface area contributed by atoms with E-state index in [2.05, 4.69) is 20.5 Å². The molecule has 1 aromatic carbocycles. The van der Waals surface area contributed by atoms with Gasteiger partial charge < -0.3 is 9.88 Å². The molecule has 2 heterocycles. The fraction of sp³-hybridized carbons (Fsp3) is 0.176. The molecule has 0 radical (unpaired) electrons. The molecule has 3 rings (SSSR count). The zero-order chi connectivity index (χ0) is 19.4. The van der Waals surface area contributed by atoms with Crippen LogP contribution in [0.1, 0.15) is 6.92 Å². The molecule has 10 heteroatoms. The summed E-state index contributed by atoms with van der Waals surface area (Å²) in [5.74, 6) is 0.608. The molecular formula is C17H14Cl3N5OS. The van der Waals surface area contributed by atoms with Gasteiger partial charge in [-0.15, -0.1) is 10.2 Å². The Bertz CT molecular complexity index is 965. The van der Waals surface area contributed by atoms with Crippen molar-refractivity contribution in [2.24, 2.45) is 0 Å². The second kappa shape index (κ2) is 8.93. The number of carbonyl (C=O) groups is 1. The number of nitrogens with zero attached hydrogens (tertiary/aromatic N) is 4. The Hall–Kier alpha value is -1.80. The third-order valence-electron chi connectivity index (χ3n) is 3.57. The molecule has 0 unspecified atom stereocenters. The van der Waals surface area contributed by atoms with Gasteiger partial charge in [-0.2, -0.15) is 0 Å². The lowest BCUT2D eigenvalue weighted by Gasteiger charge is -2.09. The van der Waals surface area contributed by atoms with Gasteiger partial charge in [0.15, 0.2) is 11.0 Å². The van der Waals surface area contributed by atoms with Gasteiger partial charge in [-0.05, 0) is 31.2 Å². The molecule has 0 aliphatic rings. The van der Waals surface area contributed by atoms with Crippen LogP contribution in [0.25, 0.3) is 11.4 Å². The highest BCUT2D eigenvalue weighted by molar-refractivity contribution is 7.99. The summed E-state index contributed by atoms with van der Waals surface area (Å²) in [5.41, 5.74) is 1.27. The van der Waals surface area contributed by atoms with Gasteiger partial charge in [0.05, 0.1) is 26.5 Å². The summed E-state index contributed by atoms with van der Waals surface area (Å²) < 4.78 is 1.93. The Balaban J connectivity index is 1.69. The fourth-order valence-electron chi connectivity index (χ4n) is 2.32. The Labute approximate surface area is 175 Å². The number of halogens is 3. The largest absolute Gasteiger partial charge is 0.324 e. The van der Waals surface area contributed by atoms with Gasteiger partial charge in [0.2, 0.25) is 5.91 Å². The smallest absolute Gasteiger partial charge is 0.234 e. The van der Waals surface area contributed by atoms with E-state index in [4.69, 9.17) is 34.8 Å². The predicted molar refractivity (Wildman–Crippen MR) is 110 cm³/mol. The Morgan fingerprint density at radius 1 is 1.19 bits per heavy atom. The zero-order valence-electron chi connectivity index (χ0n) is 14.1. The van der Waals surface area contributed by atoms with Gasteiger partial charge in [-0.3, -0.25) is 9.78 Å². The first-order valence-electron chi connectivity index (χ1n) is 7.90. The first kappa shape index (κ1) is 19.9. The second-order valence-electron chi connectivity index (χ2n) is 5.38. The molecule has 2 aromatic heterocycles. The minimum Gasteiger partial charge on any atom is -0.324 e. The van der Waals surface area contributed by atoms with E-state index in [-0.39, 0.29) is 11.7 Å². The first-order valence-corrected chi connectivity index (χ1v) is 10.0. The summed E-state index contributed by atoms with van der Waals surface area (Å²) >= 11 is 19.2. The highest BCUT2D eigenvalue weighted by Crippen LogP contribution is 2.32. The normalized spacial score (nSPS) is 10.8. The predicted octanol–water partition coefficient (Wildman–Crippen LogP) is 5.05. The number of benzene rings is 1.